The van der Waals surface area contributed by atoms with Gasteiger partial charge in [-0.15, -0.1) is 0 Å². The summed E-state index contributed by atoms with van der Waals surface area (Å²) in [4.78, 5) is 15.8. The second-order valence-corrected chi connectivity index (χ2v) is 3.36. The second kappa shape index (κ2) is 4.23. The zero-order valence-electron chi connectivity index (χ0n) is 7.76. The van der Waals surface area contributed by atoms with Gasteiger partial charge in [0.25, 0.3) is 5.91 Å². The van der Waals surface area contributed by atoms with Crippen molar-refractivity contribution in [3.05, 3.63) is 10.6 Å². The van der Waals surface area contributed by atoms with Crippen molar-refractivity contribution < 1.29 is 4.79 Å². The fraction of sp³-hybridized carbons (Fsp3) is 0.500. The minimum absolute atomic E-state index is 0.0412. The van der Waals surface area contributed by atoms with Crippen molar-refractivity contribution in [2.24, 2.45) is 0 Å². The van der Waals surface area contributed by atoms with Crippen LogP contribution in [-0.4, -0.2) is 17.4 Å². The molecule has 1 aromatic rings. The first-order chi connectivity index (χ1) is 6.27. The summed E-state index contributed by atoms with van der Waals surface area (Å²) in [6.07, 6.45) is 0.800. The fourth-order valence-corrected chi connectivity index (χ4v) is 1.89. The first-order valence-electron chi connectivity index (χ1n) is 4.31. The van der Waals surface area contributed by atoms with Crippen LogP contribution in [0.15, 0.2) is 0 Å². The van der Waals surface area contributed by atoms with E-state index in [0.29, 0.717) is 16.6 Å². The molecule has 1 amide bonds. The number of aromatic nitrogens is 1. The summed E-state index contributed by atoms with van der Waals surface area (Å²) in [6.45, 7) is 4.68. The lowest BCUT2D eigenvalue weighted by molar-refractivity contribution is 0.0950. The first-order valence-corrected chi connectivity index (χ1v) is 5.12. The molecule has 0 saturated heterocycles. The minimum atomic E-state index is -0.0412. The number of hydrogen-bond donors (Lipinski definition) is 2. The van der Waals surface area contributed by atoms with Crippen molar-refractivity contribution >= 4 is 22.4 Å². The summed E-state index contributed by atoms with van der Waals surface area (Å²) in [5, 5.41) is 3.21. The monoisotopic (exact) mass is 199 g/mol. The van der Waals surface area contributed by atoms with Crippen molar-refractivity contribution in [2.75, 3.05) is 12.3 Å². The highest BCUT2D eigenvalue weighted by atomic mass is 32.1. The summed E-state index contributed by atoms with van der Waals surface area (Å²) in [6, 6.07) is 0. The van der Waals surface area contributed by atoms with E-state index < -0.39 is 0 Å². The largest absolute Gasteiger partial charge is 0.375 e. The molecule has 4 nitrogen and oxygen atoms in total. The number of amides is 1. The number of nitrogens with one attached hydrogen (secondary N) is 1. The smallest absolute Gasteiger partial charge is 0.263 e. The van der Waals surface area contributed by atoms with Crippen molar-refractivity contribution in [2.45, 2.75) is 20.3 Å². The number of nitrogens with two attached hydrogens (primary N) is 1. The van der Waals surface area contributed by atoms with E-state index in [1.165, 1.54) is 11.3 Å². The number of carbonyl (C=O) groups is 1. The molecule has 0 fully saturated rings. The molecule has 0 aliphatic carbocycles. The van der Waals surface area contributed by atoms with Gasteiger partial charge in [0.2, 0.25) is 0 Å². The van der Waals surface area contributed by atoms with E-state index in [-0.39, 0.29) is 5.91 Å². The van der Waals surface area contributed by atoms with E-state index in [1.54, 1.807) is 0 Å². The van der Waals surface area contributed by atoms with Gasteiger partial charge in [-0.25, -0.2) is 4.98 Å². The molecule has 0 unspecified atom stereocenters. The number of anilines is 1. The number of carbonyl (C=O) groups excluding carboxylic acids is 1. The van der Waals surface area contributed by atoms with Crippen LogP contribution in [0.3, 0.4) is 0 Å². The molecule has 3 N–H and O–H groups in total. The van der Waals surface area contributed by atoms with Crippen molar-refractivity contribution in [3.8, 4) is 0 Å². The molecule has 0 bridgehead atoms. The third-order valence-electron chi connectivity index (χ3n) is 1.57. The molecule has 72 valence electrons. The lowest BCUT2D eigenvalue weighted by Gasteiger charge is -2.09. The molecule has 0 atom stereocenters. The van der Waals surface area contributed by atoms with Crippen molar-refractivity contribution in [1.82, 2.24) is 10.3 Å². The van der Waals surface area contributed by atoms with E-state index in [0.717, 1.165) is 12.1 Å². The van der Waals surface area contributed by atoms with Crippen LogP contribution in [0.25, 0.3) is 0 Å². The van der Waals surface area contributed by atoms with Crippen LogP contribution in [-0.2, 0) is 6.42 Å². The van der Waals surface area contributed by atoms with Gasteiger partial charge in [-0.1, -0.05) is 25.2 Å². The number of hydrogen-bond acceptors (Lipinski definition) is 4. The highest BCUT2D eigenvalue weighted by molar-refractivity contribution is 7.17. The summed E-state index contributed by atoms with van der Waals surface area (Å²) < 4.78 is 0. The normalized spacial score (nSPS) is 13.8. The van der Waals surface area contributed by atoms with E-state index in [9.17, 15) is 4.79 Å². The Kier molecular flexibility index (Phi) is 3.25. The highest BCUT2D eigenvalue weighted by Gasteiger charge is 2.20. The van der Waals surface area contributed by atoms with Gasteiger partial charge >= 0.3 is 0 Å². The fourth-order valence-electron chi connectivity index (χ4n) is 1.09. The molecule has 5 heteroatoms. The van der Waals surface area contributed by atoms with Gasteiger partial charge in [0.1, 0.15) is 4.88 Å². The first kappa shape index (κ1) is 9.98. The molecule has 1 aromatic heterocycles. The Morgan fingerprint density at radius 3 is 2.85 bits per heavy atom. The van der Waals surface area contributed by atoms with Crippen LogP contribution in [0.5, 0.6) is 0 Å². The standard InChI is InChI=1S/C6H7N3OS.C2H6/c7-6-9-3-1-2-8-5(10)4(3)11-6;1-2/h1-2H2,(H2,7,9)(H,8,10);1-2H3. The number of thiazole rings is 1. The Morgan fingerprint density at radius 2 is 2.23 bits per heavy atom. The number of nitrogens with zero attached hydrogens (tertiary/aromatic N) is 1. The molecule has 1 aliphatic heterocycles. The Balaban J connectivity index is 0.000000396. The maximum absolute atomic E-state index is 11.1. The zero-order valence-corrected chi connectivity index (χ0v) is 8.57. The molecular weight excluding hydrogens is 186 g/mol. The molecule has 0 saturated carbocycles. The van der Waals surface area contributed by atoms with E-state index in [2.05, 4.69) is 10.3 Å². The molecule has 0 spiro atoms. The maximum atomic E-state index is 11.1. The van der Waals surface area contributed by atoms with Crippen molar-refractivity contribution in [1.29, 1.82) is 0 Å². The molecule has 0 radical (unpaired) electrons. The van der Waals surface area contributed by atoms with Gasteiger partial charge in [0.05, 0.1) is 5.69 Å². The van der Waals surface area contributed by atoms with Crippen LogP contribution in [0, 0.1) is 0 Å². The van der Waals surface area contributed by atoms with Gasteiger partial charge in [-0.2, -0.15) is 0 Å². The van der Waals surface area contributed by atoms with Crippen LogP contribution in [0.1, 0.15) is 29.2 Å². The minimum Gasteiger partial charge on any atom is -0.375 e. The van der Waals surface area contributed by atoms with Crippen LogP contribution >= 0.6 is 11.3 Å². The maximum Gasteiger partial charge on any atom is 0.263 e. The van der Waals surface area contributed by atoms with Gasteiger partial charge in [0.15, 0.2) is 5.13 Å². The SMILES string of the molecule is CC.Nc1nc2c(s1)C(=O)NCC2. The molecule has 2 heterocycles. The van der Waals surface area contributed by atoms with Crippen LogP contribution in [0.4, 0.5) is 5.13 Å². The topological polar surface area (TPSA) is 68.0 Å². The highest BCUT2D eigenvalue weighted by Crippen LogP contribution is 2.22. The van der Waals surface area contributed by atoms with Crippen LogP contribution in [0.2, 0.25) is 0 Å². The Morgan fingerprint density at radius 1 is 1.54 bits per heavy atom. The Labute approximate surface area is 81.2 Å². The lowest BCUT2D eigenvalue weighted by Crippen LogP contribution is -2.30. The van der Waals surface area contributed by atoms with Gasteiger partial charge < -0.3 is 11.1 Å². The zero-order chi connectivity index (χ0) is 9.84. The van der Waals surface area contributed by atoms with E-state index in [4.69, 9.17) is 5.73 Å². The van der Waals surface area contributed by atoms with E-state index in [1.807, 2.05) is 13.8 Å². The average Bonchev–Trinajstić information content (AvgIpc) is 2.51. The predicted molar refractivity (Wildman–Crippen MR) is 53.9 cm³/mol. The summed E-state index contributed by atoms with van der Waals surface area (Å²) in [5.41, 5.74) is 6.29. The number of fused-ring (bicyclic) bond motifs is 1. The molecule has 0 aromatic carbocycles. The number of rotatable bonds is 0. The summed E-state index contributed by atoms with van der Waals surface area (Å²) in [5.74, 6) is -0.0412. The predicted octanol–water partition coefficient (Wildman–Crippen LogP) is 1.04. The third-order valence-corrected chi connectivity index (χ3v) is 2.49. The Hall–Kier alpha value is -1.10. The summed E-state index contributed by atoms with van der Waals surface area (Å²) in [7, 11) is 0. The number of nitrogen functional groups attached to an aromatic ring is 1. The lowest BCUT2D eigenvalue weighted by atomic mass is 10.2. The molecule has 2 rings (SSSR count). The molecular formula is C8H13N3OS. The van der Waals surface area contributed by atoms with Crippen molar-refractivity contribution in [3.63, 3.8) is 0 Å². The Bertz CT molecular complexity index is 308. The van der Waals surface area contributed by atoms with Gasteiger partial charge in [-0.3, -0.25) is 4.79 Å². The van der Waals surface area contributed by atoms with Crippen LogP contribution < -0.4 is 11.1 Å². The van der Waals surface area contributed by atoms with Gasteiger partial charge in [0, 0.05) is 13.0 Å². The molecule has 13 heavy (non-hydrogen) atoms. The second-order valence-electron chi connectivity index (χ2n) is 2.33. The molecule has 1 aliphatic rings. The van der Waals surface area contributed by atoms with Gasteiger partial charge in [-0.05, 0) is 0 Å². The quantitative estimate of drug-likeness (QED) is 0.656. The summed E-state index contributed by atoms with van der Waals surface area (Å²) >= 11 is 1.25. The average molecular weight is 199 g/mol. The third kappa shape index (κ3) is 1.98. The van der Waals surface area contributed by atoms with E-state index >= 15 is 0 Å².